The molecule has 0 bridgehead atoms. The summed E-state index contributed by atoms with van der Waals surface area (Å²) in [4.78, 5) is 2.25. The molecule has 11 heavy (non-hydrogen) atoms. The zero-order valence-corrected chi connectivity index (χ0v) is 7.84. The summed E-state index contributed by atoms with van der Waals surface area (Å²) in [5.74, 6) is 0. The van der Waals surface area contributed by atoms with E-state index in [2.05, 4.69) is 25.8 Å². The second-order valence-electron chi connectivity index (χ2n) is 2.98. The van der Waals surface area contributed by atoms with Gasteiger partial charge >= 0.3 is 0 Å². The highest BCUT2D eigenvalue weighted by Crippen LogP contribution is 1.91. The van der Waals surface area contributed by atoms with E-state index < -0.39 is 0 Å². The van der Waals surface area contributed by atoms with Gasteiger partial charge in [0.05, 0.1) is 13.2 Å². The quantitative estimate of drug-likeness (QED) is 0.580. The maximum atomic E-state index is 5.27. The fourth-order valence-corrected chi connectivity index (χ4v) is 0.652. The lowest BCUT2D eigenvalue weighted by Gasteiger charge is -2.20. The van der Waals surface area contributed by atoms with Gasteiger partial charge in [-0.1, -0.05) is 0 Å². The lowest BCUT2D eigenvalue weighted by molar-refractivity contribution is 0.109. The summed E-state index contributed by atoms with van der Waals surface area (Å²) in [5, 5.41) is 0. The Morgan fingerprint density at radius 1 is 1.45 bits per heavy atom. The van der Waals surface area contributed by atoms with Gasteiger partial charge in [-0.05, 0) is 20.9 Å². The molecule has 0 radical (unpaired) electrons. The third kappa shape index (κ3) is 6.28. The molecule has 0 fully saturated rings. The predicted octanol–water partition coefficient (Wildman–Crippen LogP) is 0.548. The molecule has 0 spiro atoms. The Hall–Kier alpha value is -0.120. The SMILES string of the molecule is CC(C)N(C)CCOCCN.[HH]. The molecule has 0 atom stereocenters. The van der Waals surface area contributed by atoms with E-state index in [1.54, 1.807) is 0 Å². The van der Waals surface area contributed by atoms with Crippen molar-refractivity contribution in [3.63, 3.8) is 0 Å². The first kappa shape index (κ1) is 10.9. The van der Waals surface area contributed by atoms with Gasteiger partial charge in [-0.25, -0.2) is 0 Å². The molecule has 0 saturated carbocycles. The Morgan fingerprint density at radius 2 is 2.09 bits per heavy atom. The lowest BCUT2D eigenvalue weighted by atomic mass is 10.3. The van der Waals surface area contributed by atoms with Gasteiger partial charge in [0.25, 0.3) is 0 Å². The Balaban J connectivity index is 0. The van der Waals surface area contributed by atoms with Gasteiger partial charge in [0, 0.05) is 20.6 Å². The van der Waals surface area contributed by atoms with E-state index in [0.717, 1.165) is 13.2 Å². The van der Waals surface area contributed by atoms with Gasteiger partial charge in [0.1, 0.15) is 0 Å². The molecule has 0 unspecified atom stereocenters. The van der Waals surface area contributed by atoms with Crippen molar-refractivity contribution in [2.24, 2.45) is 5.73 Å². The largest absolute Gasteiger partial charge is 0.379 e. The molecule has 0 aromatic carbocycles. The molecule has 0 saturated heterocycles. The van der Waals surface area contributed by atoms with Crippen molar-refractivity contribution < 1.29 is 6.16 Å². The van der Waals surface area contributed by atoms with Crippen LogP contribution in [0.3, 0.4) is 0 Å². The second-order valence-corrected chi connectivity index (χ2v) is 2.98. The molecule has 0 rings (SSSR count). The van der Waals surface area contributed by atoms with Gasteiger partial charge in [0.15, 0.2) is 0 Å². The molecular weight excluding hydrogens is 140 g/mol. The van der Waals surface area contributed by atoms with Crippen LogP contribution in [0.25, 0.3) is 0 Å². The van der Waals surface area contributed by atoms with E-state index in [0.29, 0.717) is 19.2 Å². The standard InChI is InChI=1S/C8H20N2O.H2/c1-8(2)10(3)5-7-11-6-4-9;/h8H,4-7,9H2,1-3H3;1H. The maximum Gasteiger partial charge on any atom is 0.0594 e. The molecule has 0 aliphatic rings. The van der Waals surface area contributed by atoms with Crippen LogP contribution in [0.4, 0.5) is 0 Å². The van der Waals surface area contributed by atoms with E-state index in [4.69, 9.17) is 10.5 Å². The first-order valence-corrected chi connectivity index (χ1v) is 4.16. The monoisotopic (exact) mass is 162 g/mol. The fraction of sp³-hybridized carbons (Fsp3) is 1.00. The summed E-state index contributed by atoms with van der Waals surface area (Å²) >= 11 is 0. The molecule has 2 N–H and O–H groups in total. The van der Waals surface area contributed by atoms with E-state index in [1.807, 2.05) is 0 Å². The van der Waals surface area contributed by atoms with Crippen LogP contribution in [0.2, 0.25) is 0 Å². The first-order chi connectivity index (χ1) is 5.18. The van der Waals surface area contributed by atoms with Gasteiger partial charge in [0.2, 0.25) is 0 Å². The third-order valence-corrected chi connectivity index (χ3v) is 1.73. The highest BCUT2D eigenvalue weighted by Gasteiger charge is 2.00. The Labute approximate surface area is 71.0 Å². The van der Waals surface area contributed by atoms with Crippen LogP contribution in [-0.4, -0.2) is 44.3 Å². The normalized spacial score (nSPS) is 11.5. The summed E-state index contributed by atoms with van der Waals surface area (Å²) in [6.45, 7) is 7.40. The zero-order chi connectivity index (χ0) is 8.69. The molecule has 0 aromatic heterocycles. The zero-order valence-electron chi connectivity index (χ0n) is 7.84. The van der Waals surface area contributed by atoms with Crippen LogP contribution in [-0.2, 0) is 4.74 Å². The van der Waals surface area contributed by atoms with E-state index in [9.17, 15) is 0 Å². The van der Waals surface area contributed by atoms with E-state index in [1.165, 1.54) is 0 Å². The van der Waals surface area contributed by atoms with Crippen LogP contribution in [0, 0.1) is 0 Å². The molecular formula is C8H22N2O. The van der Waals surface area contributed by atoms with Crippen molar-refractivity contribution in [1.82, 2.24) is 4.90 Å². The van der Waals surface area contributed by atoms with Gasteiger partial charge in [-0.3, -0.25) is 0 Å². The Bertz CT molecular complexity index is 91.1. The number of rotatable bonds is 6. The molecule has 0 heterocycles. The summed E-state index contributed by atoms with van der Waals surface area (Å²) in [7, 11) is 2.09. The first-order valence-electron chi connectivity index (χ1n) is 4.16. The van der Waals surface area contributed by atoms with Crippen LogP contribution >= 0.6 is 0 Å². The average Bonchev–Trinajstić information content (AvgIpc) is 1.97. The summed E-state index contributed by atoms with van der Waals surface area (Å²) in [6.07, 6.45) is 0. The van der Waals surface area contributed by atoms with Crippen molar-refractivity contribution in [2.75, 3.05) is 33.4 Å². The molecule has 3 nitrogen and oxygen atoms in total. The molecule has 0 aliphatic heterocycles. The number of nitrogens with zero attached hydrogens (tertiary/aromatic N) is 1. The van der Waals surface area contributed by atoms with Crippen LogP contribution in [0.1, 0.15) is 15.3 Å². The fourth-order valence-electron chi connectivity index (χ4n) is 0.652. The van der Waals surface area contributed by atoms with Crippen molar-refractivity contribution in [1.29, 1.82) is 0 Å². The van der Waals surface area contributed by atoms with Crippen molar-refractivity contribution in [2.45, 2.75) is 19.9 Å². The smallest absolute Gasteiger partial charge is 0.0594 e. The molecule has 0 aromatic rings. The Morgan fingerprint density at radius 3 is 2.55 bits per heavy atom. The molecule has 70 valence electrons. The van der Waals surface area contributed by atoms with Gasteiger partial charge < -0.3 is 15.4 Å². The molecule has 0 amide bonds. The second kappa shape index (κ2) is 6.58. The van der Waals surface area contributed by atoms with Gasteiger partial charge in [-0.2, -0.15) is 0 Å². The average molecular weight is 162 g/mol. The van der Waals surface area contributed by atoms with Crippen LogP contribution in [0.15, 0.2) is 0 Å². The minimum Gasteiger partial charge on any atom is -0.379 e. The third-order valence-electron chi connectivity index (χ3n) is 1.73. The van der Waals surface area contributed by atoms with Crippen LogP contribution < -0.4 is 5.73 Å². The van der Waals surface area contributed by atoms with Gasteiger partial charge in [-0.15, -0.1) is 0 Å². The maximum absolute atomic E-state index is 5.27. The van der Waals surface area contributed by atoms with Crippen molar-refractivity contribution in [3.05, 3.63) is 0 Å². The molecule has 3 heteroatoms. The summed E-state index contributed by atoms with van der Waals surface area (Å²) in [6, 6.07) is 0.594. The summed E-state index contributed by atoms with van der Waals surface area (Å²) in [5.41, 5.74) is 5.27. The highest BCUT2D eigenvalue weighted by molar-refractivity contribution is 4.55. The number of ether oxygens (including phenoxy) is 1. The van der Waals surface area contributed by atoms with E-state index >= 15 is 0 Å². The number of nitrogens with two attached hydrogens (primary N) is 1. The van der Waals surface area contributed by atoms with E-state index in [-0.39, 0.29) is 1.43 Å². The van der Waals surface area contributed by atoms with Crippen LogP contribution in [0.5, 0.6) is 0 Å². The number of hydrogen-bond acceptors (Lipinski definition) is 3. The number of hydrogen-bond donors (Lipinski definition) is 1. The number of likely N-dealkylation sites (N-methyl/N-ethyl adjacent to an activating group) is 1. The molecule has 0 aliphatic carbocycles. The Kier molecular flexibility index (Phi) is 6.51. The minimum atomic E-state index is 0. The minimum absolute atomic E-state index is 0. The topological polar surface area (TPSA) is 38.5 Å². The van der Waals surface area contributed by atoms with Crippen molar-refractivity contribution >= 4 is 0 Å². The summed E-state index contributed by atoms with van der Waals surface area (Å²) < 4.78 is 5.24. The predicted molar refractivity (Wildman–Crippen MR) is 49.8 cm³/mol. The van der Waals surface area contributed by atoms with Crippen molar-refractivity contribution in [3.8, 4) is 0 Å². The highest BCUT2D eigenvalue weighted by atomic mass is 16.5. The lowest BCUT2D eigenvalue weighted by Crippen LogP contribution is -2.30.